The zero-order valence-corrected chi connectivity index (χ0v) is 10.3. The highest BCUT2D eigenvalue weighted by molar-refractivity contribution is 7.80. The predicted molar refractivity (Wildman–Crippen MR) is 61.6 cm³/mol. The number of methoxy groups -OCH3 is 1. The lowest BCUT2D eigenvalue weighted by Crippen LogP contribution is -2.47. The third-order valence-electron chi connectivity index (χ3n) is 2.88. The molecule has 2 unspecified atom stereocenters. The number of ether oxygens (including phenoxy) is 1. The van der Waals surface area contributed by atoms with E-state index in [-0.39, 0.29) is 11.8 Å². The smallest absolute Gasteiger partial charge is 0.329 e. The van der Waals surface area contributed by atoms with Gasteiger partial charge in [0.15, 0.2) is 6.04 Å². The molecule has 0 bridgehead atoms. The van der Waals surface area contributed by atoms with E-state index in [1.807, 2.05) is 0 Å². The highest BCUT2D eigenvalue weighted by Gasteiger charge is 2.42. The molecule has 0 saturated carbocycles. The first-order chi connectivity index (χ1) is 7.52. The Balaban J connectivity index is 2.80. The van der Waals surface area contributed by atoms with Crippen LogP contribution >= 0.6 is 12.6 Å². The van der Waals surface area contributed by atoms with Gasteiger partial charge in [-0.25, -0.2) is 4.79 Å². The molecule has 1 heterocycles. The van der Waals surface area contributed by atoms with E-state index in [1.165, 1.54) is 12.0 Å². The second-order valence-electron chi connectivity index (χ2n) is 3.96. The number of rotatable bonds is 4. The average Bonchev–Trinajstić information content (AvgIpc) is 2.70. The fourth-order valence-corrected chi connectivity index (χ4v) is 2.07. The molecule has 6 heteroatoms. The summed E-state index contributed by atoms with van der Waals surface area (Å²) in [5, 5.41) is 9.10. The van der Waals surface area contributed by atoms with Crippen molar-refractivity contribution >= 4 is 24.5 Å². The van der Waals surface area contributed by atoms with E-state index in [9.17, 15) is 9.59 Å². The van der Waals surface area contributed by atoms with Gasteiger partial charge in [0.1, 0.15) is 0 Å². The molecule has 1 rings (SSSR count). The van der Waals surface area contributed by atoms with Crippen LogP contribution in [0.15, 0.2) is 0 Å². The van der Waals surface area contributed by atoms with Crippen LogP contribution in [-0.2, 0) is 14.3 Å². The van der Waals surface area contributed by atoms with Gasteiger partial charge in [0.05, 0.1) is 6.10 Å². The van der Waals surface area contributed by atoms with Crippen molar-refractivity contribution in [3.8, 4) is 0 Å². The zero-order chi connectivity index (χ0) is 12.3. The molecule has 1 amide bonds. The van der Waals surface area contributed by atoms with Gasteiger partial charge in [0.25, 0.3) is 0 Å². The van der Waals surface area contributed by atoms with E-state index in [1.54, 1.807) is 6.92 Å². The average molecular weight is 247 g/mol. The Labute approximate surface area is 100 Å². The van der Waals surface area contributed by atoms with Gasteiger partial charge in [-0.05, 0) is 6.42 Å². The number of carbonyl (C=O) groups is 2. The number of amides is 1. The van der Waals surface area contributed by atoms with Gasteiger partial charge in [-0.1, -0.05) is 6.92 Å². The summed E-state index contributed by atoms with van der Waals surface area (Å²) in [7, 11) is 1.47. The molecule has 1 aliphatic rings. The lowest BCUT2D eigenvalue weighted by molar-refractivity contribution is -0.152. The van der Waals surface area contributed by atoms with Crippen molar-refractivity contribution in [3.05, 3.63) is 0 Å². The Morgan fingerprint density at radius 3 is 2.69 bits per heavy atom. The van der Waals surface area contributed by atoms with Crippen LogP contribution in [0.25, 0.3) is 0 Å². The van der Waals surface area contributed by atoms with Crippen LogP contribution in [0.5, 0.6) is 0 Å². The molecule has 0 aromatic rings. The molecule has 0 aromatic carbocycles. The Hall–Kier alpha value is -0.750. The fourth-order valence-electron chi connectivity index (χ4n) is 1.91. The molecule has 0 radical (unpaired) electrons. The largest absolute Gasteiger partial charge is 0.480 e. The van der Waals surface area contributed by atoms with Crippen molar-refractivity contribution in [3.63, 3.8) is 0 Å². The first-order valence-electron chi connectivity index (χ1n) is 5.19. The van der Waals surface area contributed by atoms with Gasteiger partial charge < -0.3 is 14.7 Å². The van der Waals surface area contributed by atoms with Crippen molar-refractivity contribution < 1.29 is 19.4 Å². The SMILES string of the molecule is COC1CCN(C(=O)C(C)CS)[C@@H]1C(=O)O. The molecule has 1 saturated heterocycles. The number of hydrogen-bond donors (Lipinski definition) is 2. The summed E-state index contributed by atoms with van der Waals surface area (Å²) in [5.41, 5.74) is 0. The van der Waals surface area contributed by atoms with Crippen LogP contribution in [0.1, 0.15) is 13.3 Å². The number of hydrogen-bond acceptors (Lipinski definition) is 4. The Bertz CT molecular complexity index is 284. The van der Waals surface area contributed by atoms with Crippen molar-refractivity contribution in [2.75, 3.05) is 19.4 Å². The topological polar surface area (TPSA) is 66.8 Å². The van der Waals surface area contributed by atoms with Crippen LogP contribution < -0.4 is 0 Å². The molecule has 1 fully saturated rings. The maximum absolute atomic E-state index is 11.9. The summed E-state index contributed by atoms with van der Waals surface area (Å²) in [6.07, 6.45) is 0.159. The quantitative estimate of drug-likeness (QED) is 0.699. The Kier molecular flexibility index (Phi) is 4.61. The van der Waals surface area contributed by atoms with Gasteiger partial charge in [0.2, 0.25) is 5.91 Å². The predicted octanol–water partition coefficient (Wildman–Crippen LogP) is 0.253. The summed E-state index contributed by atoms with van der Waals surface area (Å²) in [6, 6.07) is -0.861. The van der Waals surface area contributed by atoms with Crippen molar-refractivity contribution in [2.24, 2.45) is 5.92 Å². The number of likely N-dealkylation sites (tertiary alicyclic amines) is 1. The molecular formula is C10H17NO4S. The van der Waals surface area contributed by atoms with Gasteiger partial charge >= 0.3 is 5.97 Å². The monoisotopic (exact) mass is 247 g/mol. The summed E-state index contributed by atoms with van der Waals surface area (Å²) in [4.78, 5) is 24.4. The molecule has 3 atom stereocenters. The lowest BCUT2D eigenvalue weighted by atomic mass is 10.1. The molecular weight excluding hydrogens is 230 g/mol. The summed E-state index contributed by atoms with van der Waals surface area (Å²) in [5.74, 6) is -1.02. The zero-order valence-electron chi connectivity index (χ0n) is 9.42. The first kappa shape index (κ1) is 13.3. The third-order valence-corrected chi connectivity index (χ3v) is 3.42. The van der Waals surface area contributed by atoms with Gasteiger partial charge in [-0.15, -0.1) is 0 Å². The van der Waals surface area contributed by atoms with Crippen LogP contribution in [-0.4, -0.2) is 53.4 Å². The minimum absolute atomic E-state index is 0.165. The van der Waals surface area contributed by atoms with Crippen molar-refractivity contribution in [1.29, 1.82) is 0 Å². The number of thiol groups is 1. The van der Waals surface area contributed by atoms with Gasteiger partial charge in [-0.3, -0.25) is 4.79 Å². The number of aliphatic carboxylic acids is 1. The number of nitrogens with zero attached hydrogens (tertiary/aromatic N) is 1. The van der Waals surface area contributed by atoms with Crippen molar-refractivity contribution in [1.82, 2.24) is 4.90 Å². The Morgan fingerprint density at radius 2 is 2.25 bits per heavy atom. The molecule has 16 heavy (non-hydrogen) atoms. The molecule has 0 aliphatic carbocycles. The van der Waals surface area contributed by atoms with Crippen LogP contribution in [0.4, 0.5) is 0 Å². The molecule has 5 nitrogen and oxygen atoms in total. The standard InChI is InChI=1S/C10H17NO4S/c1-6(5-16)9(12)11-4-3-7(15-2)8(11)10(13)14/h6-8,16H,3-5H2,1-2H3,(H,13,14)/t6?,7?,8-/m0/s1. The summed E-state index contributed by atoms with van der Waals surface area (Å²) in [6.45, 7) is 2.18. The van der Waals surface area contributed by atoms with E-state index >= 15 is 0 Å². The van der Waals surface area contributed by atoms with Gasteiger partial charge in [-0.2, -0.15) is 12.6 Å². The maximum atomic E-state index is 11.9. The van der Waals surface area contributed by atoms with E-state index in [4.69, 9.17) is 9.84 Å². The summed E-state index contributed by atoms with van der Waals surface area (Å²) >= 11 is 4.05. The molecule has 92 valence electrons. The molecule has 0 spiro atoms. The first-order valence-corrected chi connectivity index (χ1v) is 5.83. The maximum Gasteiger partial charge on any atom is 0.329 e. The van der Waals surface area contributed by atoms with Crippen molar-refractivity contribution in [2.45, 2.75) is 25.5 Å². The fraction of sp³-hybridized carbons (Fsp3) is 0.800. The molecule has 1 N–H and O–H groups in total. The van der Waals surface area contributed by atoms with Crippen LogP contribution in [0, 0.1) is 5.92 Å². The second-order valence-corrected chi connectivity index (χ2v) is 4.33. The second kappa shape index (κ2) is 5.54. The normalized spacial score (nSPS) is 26.8. The highest BCUT2D eigenvalue weighted by atomic mass is 32.1. The van der Waals surface area contributed by atoms with E-state index in [0.717, 1.165) is 0 Å². The summed E-state index contributed by atoms with van der Waals surface area (Å²) < 4.78 is 5.09. The third kappa shape index (κ3) is 2.49. The minimum atomic E-state index is -1.01. The van der Waals surface area contributed by atoms with E-state index in [0.29, 0.717) is 18.7 Å². The van der Waals surface area contributed by atoms with Crippen LogP contribution in [0.3, 0.4) is 0 Å². The number of carboxylic acid groups (broad SMARTS) is 1. The molecule has 0 aromatic heterocycles. The van der Waals surface area contributed by atoms with Gasteiger partial charge in [0, 0.05) is 25.3 Å². The van der Waals surface area contributed by atoms with E-state index < -0.39 is 18.1 Å². The van der Waals surface area contributed by atoms with E-state index in [2.05, 4.69) is 12.6 Å². The highest BCUT2D eigenvalue weighted by Crippen LogP contribution is 2.23. The minimum Gasteiger partial charge on any atom is -0.480 e. The number of carbonyl (C=O) groups excluding carboxylic acids is 1. The van der Waals surface area contributed by atoms with Crippen LogP contribution in [0.2, 0.25) is 0 Å². The lowest BCUT2D eigenvalue weighted by Gasteiger charge is -2.26. The molecule has 1 aliphatic heterocycles. The Morgan fingerprint density at radius 1 is 1.62 bits per heavy atom. The number of carboxylic acids is 1.